The van der Waals surface area contributed by atoms with Gasteiger partial charge in [0.25, 0.3) is 0 Å². The Morgan fingerprint density at radius 1 is 1.36 bits per heavy atom. The molecule has 0 amide bonds. The molecule has 1 N–H and O–H groups in total. The molecule has 0 atom stereocenters. The third-order valence-corrected chi connectivity index (χ3v) is 3.82. The van der Waals surface area contributed by atoms with E-state index in [1.165, 1.54) is 0 Å². The fourth-order valence-electron chi connectivity index (χ4n) is 1.08. The molecule has 1 aliphatic carbocycles. The molecular formula is C8H16BrNO3S. The predicted molar refractivity (Wildman–Crippen MR) is 59.1 cm³/mol. The van der Waals surface area contributed by atoms with Crippen LogP contribution in [-0.2, 0) is 14.8 Å². The SMILES string of the molecule is O=S(=O)(CC1CC1)NCCOCCBr. The Labute approximate surface area is 93.6 Å². The first-order chi connectivity index (χ1) is 6.64. The molecule has 0 aromatic rings. The van der Waals surface area contributed by atoms with Gasteiger partial charge in [0.05, 0.1) is 19.0 Å². The molecule has 6 heteroatoms. The predicted octanol–water partition coefficient (Wildman–Crippen LogP) is 0.727. The van der Waals surface area contributed by atoms with E-state index in [2.05, 4.69) is 20.7 Å². The molecule has 84 valence electrons. The zero-order valence-electron chi connectivity index (χ0n) is 8.04. The Morgan fingerprint density at radius 2 is 2.07 bits per heavy atom. The van der Waals surface area contributed by atoms with E-state index in [9.17, 15) is 8.42 Å². The van der Waals surface area contributed by atoms with Gasteiger partial charge in [-0.3, -0.25) is 0 Å². The Hall–Kier alpha value is 0.350. The van der Waals surface area contributed by atoms with Gasteiger partial charge in [-0.2, -0.15) is 0 Å². The van der Waals surface area contributed by atoms with Crippen LogP contribution in [0.4, 0.5) is 0 Å². The quantitative estimate of drug-likeness (QED) is 0.528. The summed E-state index contributed by atoms with van der Waals surface area (Å²) in [7, 11) is -3.05. The highest BCUT2D eigenvalue weighted by Gasteiger charge is 2.27. The highest BCUT2D eigenvalue weighted by atomic mass is 79.9. The first kappa shape index (κ1) is 12.4. The lowest BCUT2D eigenvalue weighted by Crippen LogP contribution is -2.30. The largest absolute Gasteiger partial charge is 0.379 e. The molecule has 1 rings (SSSR count). The average molecular weight is 286 g/mol. The van der Waals surface area contributed by atoms with Gasteiger partial charge in [-0.15, -0.1) is 0 Å². The topological polar surface area (TPSA) is 55.4 Å². The Bertz CT molecular complexity index is 251. The zero-order chi connectivity index (χ0) is 10.4. The molecule has 1 fully saturated rings. The molecule has 0 spiro atoms. The molecule has 0 radical (unpaired) electrons. The first-order valence-electron chi connectivity index (χ1n) is 4.75. The normalized spacial score (nSPS) is 17.2. The van der Waals surface area contributed by atoms with E-state index in [0.29, 0.717) is 25.7 Å². The average Bonchev–Trinajstić information content (AvgIpc) is 2.87. The van der Waals surface area contributed by atoms with E-state index in [1.54, 1.807) is 0 Å². The van der Waals surface area contributed by atoms with Crippen molar-refractivity contribution in [3.05, 3.63) is 0 Å². The number of nitrogens with one attached hydrogen (secondary N) is 1. The fraction of sp³-hybridized carbons (Fsp3) is 1.00. The second-order valence-electron chi connectivity index (χ2n) is 3.42. The van der Waals surface area contributed by atoms with Crippen LogP contribution >= 0.6 is 15.9 Å². The van der Waals surface area contributed by atoms with Crippen molar-refractivity contribution in [2.75, 3.05) is 30.8 Å². The van der Waals surface area contributed by atoms with E-state index < -0.39 is 10.0 Å². The van der Waals surface area contributed by atoms with Crippen LogP contribution in [0.2, 0.25) is 0 Å². The van der Waals surface area contributed by atoms with Gasteiger partial charge in [-0.05, 0) is 18.8 Å². The summed E-state index contributed by atoms with van der Waals surface area (Å²) in [6.45, 7) is 1.43. The molecule has 0 bridgehead atoms. The monoisotopic (exact) mass is 285 g/mol. The maximum atomic E-state index is 11.3. The maximum Gasteiger partial charge on any atom is 0.211 e. The van der Waals surface area contributed by atoms with Gasteiger partial charge in [-0.1, -0.05) is 15.9 Å². The maximum absolute atomic E-state index is 11.3. The second kappa shape index (κ2) is 6.05. The lowest BCUT2D eigenvalue weighted by Gasteiger charge is -2.05. The summed E-state index contributed by atoms with van der Waals surface area (Å²) in [6.07, 6.45) is 2.11. The summed E-state index contributed by atoms with van der Waals surface area (Å²) in [5.74, 6) is 0.682. The van der Waals surface area contributed by atoms with Gasteiger partial charge in [0, 0.05) is 11.9 Å². The van der Waals surface area contributed by atoms with Crippen molar-refractivity contribution in [3.63, 3.8) is 0 Å². The molecule has 0 aromatic heterocycles. The minimum Gasteiger partial charge on any atom is -0.379 e. The summed E-state index contributed by atoms with van der Waals surface area (Å²) >= 11 is 3.22. The third kappa shape index (κ3) is 5.95. The van der Waals surface area contributed by atoms with Crippen LogP contribution in [0.3, 0.4) is 0 Å². The van der Waals surface area contributed by atoms with Crippen molar-refractivity contribution in [3.8, 4) is 0 Å². The number of alkyl halides is 1. The molecule has 4 nitrogen and oxygen atoms in total. The van der Waals surface area contributed by atoms with Crippen LogP contribution in [0.1, 0.15) is 12.8 Å². The highest BCUT2D eigenvalue weighted by Crippen LogP contribution is 2.29. The molecule has 1 aliphatic rings. The van der Waals surface area contributed by atoms with Gasteiger partial charge in [-0.25, -0.2) is 13.1 Å². The molecule has 14 heavy (non-hydrogen) atoms. The number of hydrogen-bond acceptors (Lipinski definition) is 3. The molecular weight excluding hydrogens is 270 g/mol. The number of ether oxygens (including phenoxy) is 1. The second-order valence-corrected chi connectivity index (χ2v) is 6.06. The Balaban J connectivity index is 2.03. The van der Waals surface area contributed by atoms with Crippen LogP contribution in [-0.4, -0.2) is 39.3 Å². The standard InChI is InChI=1S/C8H16BrNO3S/c9-3-5-13-6-4-10-14(11,12)7-8-1-2-8/h8,10H,1-7H2. The van der Waals surface area contributed by atoms with Gasteiger partial charge in [0.15, 0.2) is 0 Å². The van der Waals surface area contributed by atoms with E-state index in [4.69, 9.17) is 4.74 Å². The number of hydrogen-bond donors (Lipinski definition) is 1. The number of rotatable bonds is 8. The first-order valence-corrected chi connectivity index (χ1v) is 7.52. The molecule has 0 saturated heterocycles. The molecule has 0 heterocycles. The van der Waals surface area contributed by atoms with Crippen LogP contribution in [0.25, 0.3) is 0 Å². The van der Waals surface area contributed by atoms with Crippen LogP contribution < -0.4 is 4.72 Å². The highest BCUT2D eigenvalue weighted by molar-refractivity contribution is 9.09. The van der Waals surface area contributed by atoms with Crippen molar-refractivity contribution in [1.82, 2.24) is 4.72 Å². The van der Waals surface area contributed by atoms with E-state index in [0.717, 1.165) is 18.2 Å². The summed E-state index contributed by atoms with van der Waals surface area (Å²) in [5, 5.41) is 0.780. The molecule has 0 aromatic carbocycles. The van der Waals surface area contributed by atoms with Crippen molar-refractivity contribution in [1.29, 1.82) is 0 Å². The molecule has 0 aliphatic heterocycles. The summed E-state index contributed by atoms with van der Waals surface area (Å²) in [4.78, 5) is 0. The third-order valence-electron chi connectivity index (χ3n) is 1.94. The van der Waals surface area contributed by atoms with Crippen molar-refractivity contribution >= 4 is 26.0 Å². The van der Waals surface area contributed by atoms with Gasteiger partial charge < -0.3 is 4.74 Å². The van der Waals surface area contributed by atoms with Gasteiger partial charge in [0.2, 0.25) is 10.0 Å². The van der Waals surface area contributed by atoms with E-state index >= 15 is 0 Å². The van der Waals surface area contributed by atoms with Gasteiger partial charge >= 0.3 is 0 Å². The van der Waals surface area contributed by atoms with Crippen LogP contribution in [0.5, 0.6) is 0 Å². The van der Waals surface area contributed by atoms with E-state index in [1.807, 2.05) is 0 Å². The summed E-state index contributed by atoms with van der Waals surface area (Å²) < 4.78 is 30.3. The minimum absolute atomic E-state index is 0.283. The van der Waals surface area contributed by atoms with Crippen molar-refractivity contribution in [2.45, 2.75) is 12.8 Å². The number of sulfonamides is 1. The number of halogens is 1. The van der Waals surface area contributed by atoms with Crippen molar-refractivity contribution < 1.29 is 13.2 Å². The smallest absolute Gasteiger partial charge is 0.211 e. The zero-order valence-corrected chi connectivity index (χ0v) is 10.4. The van der Waals surface area contributed by atoms with Crippen LogP contribution in [0.15, 0.2) is 0 Å². The fourth-order valence-corrected chi connectivity index (χ4v) is 2.77. The van der Waals surface area contributed by atoms with Crippen LogP contribution in [0, 0.1) is 5.92 Å². The minimum atomic E-state index is -3.05. The molecule has 1 saturated carbocycles. The lowest BCUT2D eigenvalue weighted by atomic mass is 10.5. The van der Waals surface area contributed by atoms with Gasteiger partial charge in [0.1, 0.15) is 0 Å². The van der Waals surface area contributed by atoms with Crippen molar-refractivity contribution in [2.24, 2.45) is 5.92 Å². The molecule has 0 unspecified atom stereocenters. The Morgan fingerprint density at radius 3 is 2.64 bits per heavy atom. The lowest BCUT2D eigenvalue weighted by molar-refractivity contribution is 0.156. The van der Waals surface area contributed by atoms with E-state index in [-0.39, 0.29) is 5.75 Å². The summed E-state index contributed by atoms with van der Waals surface area (Å²) in [6, 6.07) is 0. The summed E-state index contributed by atoms with van der Waals surface area (Å²) in [5.41, 5.74) is 0. The Kier molecular flexibility index (Phi) is 5.36.